The summed E-state index contributed by atoms with van der Waals surface area (Å²) in [6.07, 6.45) is 0. The molecular weight excluding hydrogens is 308 g/mol. The average Bonchev–Trinajstić information content (AvgIpc) is 2.54. The summed E-state index contributed by atoms with van der Waals surface area (Å²) in [5, 5.41) is 2.68. The number of benzene rings is 1. The quantitative estimate of drug-likeness (QED) is 0.722. The average molecular weight is 330 g/mol. The van der Waals surface area contributed by atoms with Crippen LogP contribution in [0.25, 0.3) is 0 Å². The van der Waals surface area contributed by atoms with Crippen LogP contribution in [0.1, 0.15) is 16.8 Å². The molecule has 0 aliphatic heterocycles. The number of amides is 1. The van der Waals surface area contributed by atoms with Crippen molar-refractivity contribution in [1.29, 1.82) is 0 Å². The van der Waals surface area contributed by atoms with Gasteiger partial charge in [-0.15, -0.1) is 0 Å². The van der Waals surface area contributed by atoms with Gasteiger partial charge in [-0.2, -0.15) is 0 Å². The number of aromatic amines is 1. The van der Waals surface area contributed by atoms with Crippen molar-refractivity contribution in [1.82, 2.24) is 10.3 Å². The number of aromatic nitrogens is 1. The van der Waals surface area contributed by atoms with Crippen molar-refractivity contribution in [3.63, 3.8) is 0 Å². The van der Waals surface area contributed by atoms with Gasteiger partial charge in [-0.05, 0) is 37.6 Å². The molecule has 6 heteroatoms. The molecule has 1 amide bonds. The Hall–Kier alpha value is -2.60. The minimum absolute atomic E-state index is 0.0685. The Morgan fingerprint density at radius 2 is 1.92 bits per heavy atom. The Kier molecular flexibility index (Phi) is 6.57. The van der Waals surface area contributed by atoms with E-state index < -0.39 is 0 Å². The van der Waals surface area contributed by atoms with E-state index in [4.69, 9.17) is 9.47 Å². The minimum Gasteiger partial charge on any atom is -0.491 e. The first-order chi connectivity index (χ1) is 11.6. The number of aryl methyl sites for hydroxylation is 2. The highest BCUT2D eigenvalue weighted by molar-refractivity contribution is 5.77. The molecular formula is C18H22N2O4. The molecule has 1 heterocycles. The molecule has 0 spiro atoms. The Morgan fingerprint density at radius 3 is 2.62 bits per heavy atom. The predicted octanol–water partition coefficient (Wildman–Crippen LogP) is 1.70. The van der Waals surface area contributed by atoms with Crippen LogP contribution in [0, 0.1) is 13.8 Å². The van der Waals surface area contributed by atoms with Gasteiger partial charge in [0.05, 0.1) is 6.61 Å². The van der Waals surface area contributed by atoms with Crippen LogP contribution in [-0.2, 0) is 16.1 Å². The number of hydrogen-bond acceptors (Lipinski definition) is 4. The van der Waals surface area contributed by atoms with Crippen molar-refractivity contribution >= 4 is 5.91 Å². The highest BCUT2D eigenvalue weighted by Crippen LogP contribution is 2.07. The van der Waals surface area contributed by atoms with Crippen molar-refractivity contribution in [3.8, 4) is 5.75 Å². The molecule has 0 aliphatic carbocycles. The zero-order chi connectivity index (χ0) is 17.4. The molecule has 1 aromatic heterocycles. The normalized spacial score (nSPS) is 10.4. The van der Waals surface area contributed by atoms with E-state index in [9.17, 15) is 9.59 Å². The van der Waals surface area contributed by atoms with Gasteiger partial charge >= 0.3 is 0 Å². The predicted molar refractivity (Wildman–Crippen MR) is 91.1 cm³/mol. The Bertz CT molecular complexity index is 726. The summed E-state index contributed by atoms with van der Waals surface area (Å²) in [6, 6.07) is 11.3. The van der Waals surface area contributed by atoms with Crippen LogP contribution in [0.4, 0.5) is 0 Å². The number of H-pyrrole nitrogens is 1. The zero-order valence-corrected chi connectivity index (χ0v) is 13.9. The molecule has 24 heavy (non-hydrogen) atoms. The first-order valence-electron chi connectivity index (χ1n) is 7.78. The molecule has 0 aliphatic rings. The van der Waals surface area contributed by atoms with Crippen LogP contribution in [0.15, 0.2) is 41.2 Å². The maximum atomic E-state index is 11.9. The summed E-state index contributed by atoms with van der Waals surface area (Å²) >= 11 is 0. The number of pyridine rings is 1. The first kappa shape index (κ1) is 17.7. The topological polar surface area (TPSA) is 80.4 Å². The van der Waals surface area contributed by atoms with Gasteiger partial charge in [-0.25, -0.2) is 0 Å². The molecule has 2 aromatic rings. The maximum absolute atomic E-state index is 11.9. The fraction of sp³-hybridized carbons (Fsp3) is 0.333. The summed E-state index contributed by atoms with van der Waals surface area (Å²) < 4.78 is 10.7. The summed E-state index contributed by atoms with van der Waals surface area (Å²) in [5.41, 5.74) is 2.04. The highest BCUT2D eigenvalue weighted by Gasteiger charge is 2.07. The second-order valence-electron chi connectivity index (χ2n) is 5.43. The molecule has 2 N–H and O–H groups in total. The number of nitrogens with one attached hydrogen (secondary N) is 2. The van der Waals surface area contributed by atoms with Gasteiger partial charge in [-0.1, -0.05) is 18.2 Å². The largest absolute Gasteiger partial charge is 0.491 e. The Morgan fingerprint density at radius 1 is 1.17 bits per heavy atom. The zero-order valence-electron chi connectivity index (χ0n) is 13.9. The summed E-state index contributed by atoms with van der Waals surface area (Å²) in [5.74, 6) is 0.494. The van der Waals surface area contributed by atoms with Crippen molar-refractivity contribution in [2.45, 2.75) is 20.4 Å². The van der Waals surface area contributed by atoms with Gasteiger partial charge in [0.15, 0.2) is 0 Å². The molecule has 0 bridgehead atoms. The van der Waals surface area contributed by atoms with Crippen molar-refractivity contribution in [3.05, 3.63) is 63.6 Å². The van der Waals surface area contributed by atoms with Crippen molar-refractivity contribution in [2.24, 2.45) is 0 Å². The lowest BCUT2D eigenvalue weighted by atomic mass is 10.1. The van der Waals surface area contributed by atoms with Gasteiger partial charge in [-0.3, -0.25) is 9.59 Å². The maximum Gasteiger partial charge on any atom is 0.253 e. The number of carbonyl (C=O) groups excluding carboxylic acids is 1. The van der Waals surface area contributed by atoms with Crippen LogP contribution >= 0.6 is 0 Å². The lowest BCUT2D eigenvalue weighted by Crippen LogP contribution is -2.31. The summed E-state index contributed by atoms with van der Waals surface area (Å²) in [7, 11) is 0. The lowest BCUT2D eigenvalue weighted by molar-refractivity contribution is -0.126. The van der Waals surface area contributed by atoms with Gasteiger partial charge in [0, 0.05) is 17.8 Å². The van der Waals surface area contributed by atoms with E-state index in [1.807, 2.05) is 50.2 Å². The van der Waals surface area contributed by atoms with Gasteiger partial charge < -0.3 is 19.8 Å². The molecule has 0 saturated carbocycles. The van der Waals surface area contributed by atoms with E-state index in [0.29, 0.717) is 18.8 Å². The molecule has 0 radical (unpaired) electrons. The van der Waals surface area contributed by atoms with Crippen LogP contribution in [0.5, 0.6) is 5.75 Å². The molecule has 0 atom stereocenters. The van der Waals surface area contributed by atoms with Crippen molar-refractivity contribution in [2.75, 3.05) is 19.8 Å². The van der Waals surface area contributed by atoms with Crippen LogP contribution in [-0.4, -0.2) is 30.7 Å². The molecule has 1 aromatic carbocycles. The molecule has 2 rings (SSSR count). The summed E-state index contributed by atoms with van der Waals surface area (Å²) in [4.78, 5) is 26.3. The number of rotatable bonds is 8. The smallest absolute Gasteiger partial charge is 0.253 e. The van der Waals surface area contributed by atoms with E-state index in [2.05, 4.69) is 10.3 Å². The van der Waals surface area contributed by atoms with E-state index in [1.165, 1.54) is 0 Å². The second kappa shape index (κ2) is 8.88. The fourth-order valence-electron chi connectivity index (χ4n) is 2.24. The third kappa shape index (κ3) is 5.55. The number of ether oxygens (including phenoxy) is 2. The minimum atomic E-state index is -0.269. The van der Waals surface area contributed by atoms with Gasteiger partial charge in [0.25, 0.3) is 5.56 Å². The lowest BCUT2D eigenvalue weighted by Gasteiger charge is -2.09. The molecule has 0 fully saturated rings. The molecule has 6 nitrogen and oxygen atoms in total. The Labute approximate surface area is 140 Å². The SMILES string of the molecule is Cc1cc(C)c(CNC(=O)COCCOc2ccccc2)c(=O)[nH]1. The first-order valence-corrected chi connectivity index (χ1v) is 7.78. The van der Waals surface area contributed by atoms with Gasteiger partial charge in [0.2, 0.25) is 5.91 Å². The number of carbonyl (C=O) groups is 1. The van der Waals surface area contributed by atoms with E-state index in [0.717, 1.165) is 17.0 Å². The molecule has 0 saturated heterocycles. The number of hydrogen-bond donors (Lipinski definition) is 2. The summed E-state index contributed by atoms with van der Waals surface area (Å²) in [6.45, 7) is 4.47. The van der Waals surface area contributed by atoms with Crippen LogP contribution < -0.4 is 15.6 Å². The third-order valence-corrected chi connectivity index (χ3v) is 3.43. The van der Waals surface area contributed by atoms with E-state index >= 15 is 0 Å². The highest BCUT2D eigenvalue weighted by atomic mass is 16.5. The second-order valence-corrected chi connectivity index (χ2v) is 5.43. The number of para-hydroxylation sites is 1. The van der Waals surface area contributed by atoms with E-state index in [1.54, 1.807) is 0 Å². The molecule has 128 valence electrons. The fourth-order valence-corrected chi connectivity index (χ4v) is 2.24. The van der Waals surface area contributed by atoms with Crippen molar-refractivity contribution < 1.29 is 14.3 Å². The van der Waals surface area contributed by atoms with Crippen LogP contribution in [0.3, 0.4) is 0 Å². The van der Waals surface area contributed by atoms with Crippen LogP contribution in [0.2, 0.25) is 0 Å². The standard InChI is InChI=1S/C18H22N2O4/c1-13-10-14(2)20-18(22)16(13)11-19-17(21)12-23-8-9-24-15-6-4-3-5-7-15/h3-7,10H,8-9,11-12H2,1-2H3,(H,19,21)(H,20,22). The molecule has 0 unspecified atom stereocenters. The Balaban J connectivity index is 1.66. The van der Waals surface area contributed by atoms with Gasteiger partial charge in [0.1, 0.15) is 19.0 Å². The third-order valence-electron chi connectivity index (χ3n) is 3.43. The van der Waals surface area contributed by atoms with E-state index in [-0.39, 0.29) is 24.6 Å². The monoisotopic (exact) mass is 330 g/mol.